The Labute approximate surface area is 139 Å². The number of halogens is 2. The zero-order valence-electron chi connectivity index (χ0n) is 12.0. The third-order valence-corrected chi connectivity index (χ3v) is 3.49. The topological polar surface area (TPSA) is 38.3 Å². The van der Waals surface area contributed by atoms with E-state index in [4.69, 9.17) is 27.9 Å². The molecule has 1 N–H and O–H groups in total. The highest BCUT2D eigenvalue weighted by Gasteiger charge is 2.03. The molecule has 0 aliphatic rings. The number of anilines is 1. The summed E-state index contributed by atoms with van der Waals surface area (Å²) < 4.78 is 5.34. The van der Waals surface area contributed by atoms with E-state index in [1.54, 1.807) is 48.5 Å². The van der Waals surface area contributed by atoms with E-state index in [0.717, 1.165) is 5.75 Å². The Kier molecular flexibility index (Phi) is 5.87. The smallest absolute Gasteiger partial charge is 0.248 e. The fourth-order valence-electron chi connectivity index (χ4n) is 1.81. The van der Waals surface area contributed by atoms with Gasteiger partial charge in [0.2, 0.25) is 5.91 Å². The quantitative estimate of drug-likeness (QED) is 0.777. The fourth-order valence-corrected chi connectivity index (χ4v) is 2.34. The highest BCUT2D eigenvalue weighted by molar-refractivity contribution is 6.37. The van der Waals surface area contributed by atoms with Crippen LogP contribution in [0.15, 0.2) is 48.5 Å². The van der Waals surface area contributed by atoms with Crippen LogP contribution in [0.1, 0.15) is 12.5 Å². The number of benzene rings is 2. The number of carbonyl (C=O) groups excluding carboxylic acids is 1. The van der Waals surface area contributed by atoms with Gasteiger partial charge in [-0.2, -0.15) is 0 Å². The largest absolute Gasteiger partial charge is 0.494 e. The molecule has 0 aromatic heterocycles. The minimum atomic E-state index is -0.264. The molecule has 0 saturated heterocycles. The maximum absolute atomic E-state index is 11.9. The van der Waals surface area contributed by atoms with Crippen molar-refractivity contribution in [1.82, 2.24) is 0 Å². The van der Waals surface area contributed by atoms with Crippen molar-refractivity contribution < 1.29 is 9.53 Å². The molecule has 2 aromatic rings. The van der Waals surface area contributed by atoms with Crippen molar-refractivity contribution in [3.8, 4) is 5.75 Å². The van der Waals surface area contributed by atoms with Gasteiger partial charge in [0.05, 0.1) is 6.61 Å². The van der Waals surface area contributed by atoms with E-state index in [2.05, 4.69) is 5.32 Å². The SMILES string of the molecule is CCOc1ccc(NC(=O)C=Cc2c(Cl)cccc2Cl)cc1. The lowest BCUT2D eigenvalue weighted by molar-refractivity contribution is -0.111. The van der Waals surface area contributed by atoms with Crippen LogP contribution in [0.3, 0.4) is 0 Å². The van der Waals surface area contributed by atoms with Gasteiger partial charge < -0.3 is 10.1 Å². The van der Waals surface area contributed by atoms with E-state index >= 15 is 0 Å². The van der Waals surface area contributed by atoms with Crippen molar-refractivity contribution in [2.24, 2.45) is 0 Å². The summed E-state index contributed by atoms with van der Waals surface area (Å²) in [7, 11) is 0. The molecule has 0 atom stereocenters. The van der Waals surface area contributed by atoms with Gasteiger partial charge >= 0.3 is 0 Å². The Hall–Kier alpha value is -1.97. The van der Waals surface area contributed by atoms with Crippen molar-refractivity contribution in [1.29, 1.82) is 0 Å². The van der Waals surface area contributed by atoms with Gasteiger partial charge in [0.1, 0.15) is 5.75 Å². The molecule has 0 unspecified atom stereocenters. The van der Waals surface area contributed by atoms with E-state index in [0.29, 0.717) is 27.9 Å². The molecular formula is C17H15Cl2NO2. The molecular weight excluding hydrogens is 321 g/mol. The van der Waals surface area contributed by atoms with Crippen LogP contribution >= 0.6 is 23.2 Å². The first-order valence-electron chi connectivity index (χ1n) is 6.76. The summed E-state index contributed by atoms with van der Waals surface area (Å²) in [5.74, 6) is 0.499. The second kappa shape index (κ2) is 7.87. The van der Waals surface area contributed by atoms with Gasteiger partial charge in [0.25, 0.3) is 0 Å². The van der Waals surface area contributed by atoms with Crippen LogP contribution < -0.4 is 10.1 Å². The summed E-state index contributed by atoms with van der Waals surface area (Å²) in [5, 5.41) is 3.75. The van der Waals surface area contributed by atoms with Crippen LogP contribution in [0.4, 0.5) is 5.69 Å². The van der Waals surface area contributed by atoms with Gasteiger partial charge in [0, 0.05) is 27.4 Å². The molecule has 0 bridgehead atoms. The van der Waals surface area contributed by atoms with Crippen LogP contribution in [-0.2, 0) is 4.79 Å². The Morgan fingerprint density at radius 2 is 1.77 bits per heavy atom. The van der Waals surface area contributed by atoms with Crippen molar-refractivity contribution >= 4 is 40.9 Å². The van der Waals surface area contributed by atoms with E-state index in [-0.39, 0.29) is 5.91 Å². The lowest BCUT2D eigenvalue weighted by Gasteiger charge is -2.05. The normalized spacial score (nSPS) is 10.7. The van der Waals surface area contributed by atoms with Crippen molar-refractivity contribution in [2.45, 2.75) is 6.92 Å². The highest BCUT2D eigenvalue weighted by atomic mass is 35.5. The van der Waals surface area contributed by atoms with Gasteiger partial charge in [-0.05, 0) is 49.4 Å². The predicted octanol–water partition coefficient (Wildman–Crippen LogP) is 5.04. The highest BCUT2D eigenvalue weighted by Crippen LogP contribution is 2.25. The second-order valence-corrected chi connectivity index (χ2v) is 5.23. The molecule has 22 heavy (non-hydrogen) atoms. The van der Waals surface area contributed by atoms with Gasteiger partial charge in [0.15, 0.2) is 0 Å². The van der Waals surface area contributed by atoms with Gasteiger partial charge in [-0.15, -0.1) is 0 Å². The third-order valence-electron chi connectivity index (χ3n) is 2.83. The van der Waals surface area contributed by atoms with E-state index < -0.39 is 0 Å². The number of rotatable bonds is 5. The van der Waals surface area contributed by atoms with Gasteiger partial charge in [-0.25, -0.2) is 0 Å². The summed E-state index contributed by atoms with van der Waals surface area (Å²) in [5.41, 5.74) is 1.30. The summed E-state index contributed by atoms with van der Waals surface area (Å²) in [6.45, 7) is 2.52. The van der Waals surface area contributed by atoms with Crippen LogP contribution in [-0.4, -0.2) is 12.5 Å². The standard InChI is InChI=1S/C17H15Cl2NO2/c1-2-22-13-8-6-12(7-9-13)20-17(21)11-10-14-15(18)4-3-5-16(14)19/h3-11H,2H2,1H3,(H,20,21). The zero-order chi connectivity index (χ0) is 15.9. The first-order chi connectivity index (χ1) is 10.6. The number of ether oxygens (including phenoxy) is 1. The van der Waals surface area contributed by atoms with Crippen molar-refractivity contribution in [2.75, 3.05) is 11.9 Å². The second-order valence-electron chi connectivity index (χ2n) is 4.42. The lowest BCUT2D eigenvalue weighted by Crippen LogP contribution is -2.07. The molecule has 2 aromatic carbocycles. The summed E-state index contributed by atoms with van der Waals surface area (Å²) in [4.78, 5) is 11.9. The molecule has 1 amide bonds. The molecule has 0 aliphatic heterocycles. The molecule has 2 rings (SSSR count). The van der Waals surface area contributed by atoms with Crippen LogP contribution in [0.5, 0.6) is 5.75 Å². The third kappa shape index (κ3) is 4.52. The van der Waals surface area contributed by atoms with Crippen LogP contribution in [0.25, 0.3) is 6.08 Å². The Morgan fingerprint density at radius 3 is 2.36 bits per heavy atom. The van der Waals surface area contributed by atoms with Crippen LogP contribution in [0, 0.1) is 0 Å². The number of carbonyl (C=O) groups is 1. The fraction of sp³-hybridized carbons (Fsp3) is 0.118. The average molecular weight is 336 g/mol. The van der Waals surface area contributed by atoms with E-state index in [1.807, 2.05) is 6.92 Å². The van der Waals surface area contributed by atoms with Crippen molar-refractivity contribution in [3.05, 3.63) is 64.1 Å². The maximum Gasteiger partial charge on any atom is 0.248 e. The van der Waals surface area contributed by atoms with Crippen LogP contribution in [0.2, 0.25) is 10.0 Å². The Morgan fingerprint density at radius 1 is 1.14 bits per heavy atom. The summed E-state index contributed by atoms with van der Waals surface area (Å²) in [6.07, 6.45) is 2.98. The Bertz CT molecular complexity index is 661. The average Bonchev–Trinajstić information content (AvgIpc) is 2.49. The monoisotopic (exact) mass is 335 g/mol. The van der Waals surface area contributed by atoms with E-state index in [9.17, 15) is 4.79 Å². The van der Waals surface area contributed by atoms with Crippen molar-refractivity contribution in [3.63, 3.8) is 0 Å². The molecule has 0 radical (unpaired) electrons. The molecule has 0 aliphatic carbocycles. The zero-order valence-corrected chi connectivity index (χ0v) is 13.5. The number of amides is 1. The van der Waals surface area contributed by atoms with Gasteiger partial charge in [-0.1, -0.05) is 29.3 Å². The summed E-state index contributed by atoms with van der Waals surface area (Å²) in [6, 6.07) is 12.3. The molecule has 0 spiro atoms. The number of nitrogens with one attached hydrogen (secondary N) is 1. The minimum absolute atomic E-state index is 0.264. The first kappa shape index (κ1) is 16.4. The van der Waals surface area contributed by atoms with Gasteiger partial charge in [-0.3, -0.25) is 4.79 Å². The molecule has 0 fully saturated rings. The first-order valence-corrected chi connectivity index (χ1v) is 7.51. The number of hydrogen-bond acceptors (Lipinski definition) is 2. The molecule has 0 saturated carbocycles. The molecule has 5 heteroatoms. The van der Waals surface area contributed by atoms with E-state index in [1.165, 1.54) is 6.08 Å². The molecule has 0 heterocycles. The molecule has 114 valence electrons. The predicted molar refractivity (Wildman–Crippen MR) is 91.7 cm³/mol. The molecule has 3 nitrogen and oxygen atoms in total. The maximum atomic E-state index is 11.9. The lowest BCUT2D eigenvalue weighted by atomic mass is 10.2. The summed E-state index contributed by atoms with van der Waals surface area (Å²) >= 11 is 12.1. The Balaban J connectivity index is 2.02. The number of hydrogen-bond donors (Lipinski definition) is 1. The minimum Gasteiger partial charge on any atom is -0.494 e.